The molecule has 2 unspecified atom stereocenters. The second-order valence-corrected chi connectivity index (χ2v) is 12.3. The molecule has 182 valence electrons. The number of aromatic nitrogens is 2. The van der Waals surface area contributed by atoms with Crippen molar-refractivity contribution >= 4 is 10.0 Å². The Bertz CT molecular complexity index is 1210. The van der Waals surface area contributed by atoms with E-state index in [-0.39, 0.29) is 17.0 Å². The fourth-order valence-electron chi connectivity index (χ4n) is 4.52. The lowest BCUT2D eigenvalue weighted by Crippen LogP contribution is -2.29. The zero-order valence-corrected chi connectivity index (χ0v) is 21.3. The molecule has 0 saturated carbocycles. The second-order valence-electron chi connectivity index (χ2n) is 10.5. The summed E-state index contributed by atoms with van der Waals surface area (Å²) in [6.07, 6.45) is 6.15. The van der Waals surface area contributed by atoms with Crippen molar-refractivity contribution in [2.24, 2.45) is 18.4 Å². The Balaban J connectivity index is 1.58. The van der Waals surface area contributed by atoms with Crippen molar-refractivity contribution in [1.82, 2.24) is 14.3 Å². The summed E-state index contributed by atoms with van der Waals surface area (Å²) < 4.78 is 35.8. The Kier molecular flexibility index (Phi) is 7.14. The summed E-state index contributed by atoms with van der Waals surface area (Å²) in [7, 11) is -1.92. The largest absolute Gasteiger partial charge is 0.493 e. The van der Waals surface area contributed by atoms with Crippen LogP contribution in [0.4, 0.5) is 0 Å². The van der Waals surface area contributed by atoms with E-state index in [0.29, 0.717) is 18.4 Å². The van der Waals surface area contributed by atoms with Crippen LogP contribution < -0.4 is 9.46 Å². The average Bonchev–Trinajstić information content (AvgIpc) is 3.24. The van der Waals surface area contributed by atoms with Crippen molar-refractivity contribution in [3.8, 4) is 5.75 Å². The van der Waals surface area contributed by atoms with Gasteiger partial charge in [-0.15, -0.1) is 0 Å². The molecule has 7 heteroatoms. The van der Waals surface area contributed by atoms with Crippen LogP contribution in [0.25, 0.3) is 0 Å². The molecule has 34 heavy (non-hydrogen) atoms. The highest BCUT2D eigenvalue weighted by atomic mass is 32.2. The highest BCUT2D eigenvalue weighted by molar-refractivity contribution is 7.89. The van der Waals surface area contributed by atoms with Crippen LogP contribution in [0.2, 0.25) is 0 Å². The van der Waals surface area contributed by atoms with Gasteiger partial charge in [-0.3, -0.25) is 0 Å². The standard InChI is InChI=1S/C27H35N3O3S/c1-27(2,3)13-12-22-18-33-25-11-10-21(16-29-34(31,32)26-17-30(4)19-28-26)15-24(25)23(22)14-20-8-6-5-7-9-20/h5-11,15,17,19,22-23,29H,12-14,16,18H2,1-4H3. The predicted octanol–water partition coefficient (Wildman–Crippen LogP) is 5.06. The maximum Gasteiger partial charge on any atom is 0.259 e. The van der Waals surface area contributed by atoms with Gasteiger partial charge < -0.3 is 9.30 Å². The molecule has 1 aliphatic rings. The summed E-state index contributed by atoms with van der Waals surface area (Å²) in [5.41, 5.74) is 3.66. The number of benzene rings is 2. The molecule has 1 aromatic heterocycles. The molecule has 0 spiro atoms. The van der Waals surface area contributed by atoms with Crippen LogP contribution in [0.1, 0.15) is 56.2 Å². The lowest BCUT2D eigenvalue weighted by Gasteiger charge is -2.35. The van der Waals surface area contributed by atoms with E-state index in [9.17, 15) is 8.42 Å². The molecule has 1 N–H and O–H groups in total. The Morgan fingerprint density at radius 3 is 2.56 bits per heavy atom. The second kappa shape index (κ2) is 9.92. The Hall–Kier alpha value is -2.64. The molecular weight excluding hydrogens is 446 g/mol. The van der Waals surface area contributed by atoms with Crippen molar-refractivity contribution in [2.45, 2.75) is 57.5 Å². The van der Waals surface area contributed by atoms with Crippen molar-refractivity contribution in [3.05, 3.63) is 77.7 Å². The number of hydrogen-bond donors (Lipinski definition) is 1. The van der Waals surface area contributed by atoms with Gasteiger partial charge in [-0.1, -0.05) is 63.2 Å². The molecular formula is C27H35N3O3S. The van der Waals surface area contributed by atoms with E-state index in [4.69, 9.17) is 4.74 Å². The van der Waals surface area contributed by atoms with Gasteiger partial charge in [-0.2, -0.15) is 0 Å². The van der Waals surface area contributed by atoms with Gasteiger partial charge in [0.2, 0.25) is 0 Å². The number of hydrogen-bond acceptors (Lipinski definition) is 4. The normalized spacial score (nSPS) is 18.4. The predicted molar refractivity (Wildman–Crippen MR) is 134 cm³/mol. The Labute approximate surface area is 203 Å². The van der Waals surface area contributed by atoms with Gasteiger partial charge in [0.25, 0.3) is 10.0 Å². The fraction of sp³-hybridized carbons (Fsp3) is 0.444. The first-order chi connectivity index (χ1) is 16.1. The quantitative estimate of drug-likeness (QED) is 0.488. The van der Waals surface area contributed by atoms with Crippen LogP contribution in [0.5, 0.6) is 5.75 Å². The third-order valence-electron chi connectivity index (χ3n) is 6.48. The summed E-state index contributed by atoms with van der Waals surface area (Å²) >= 11 is 0. The first-order valence-electron chi connectivity index (χ1n) is 11.9. The number of nitrogens with one attached hydrogen (secondary N) is 1. The number of nitrogens with zero attached hydrogens (tertiary/aromatic N) is 2. The van der Waals surface area contributed by atoms with Crippen molar-refractivity contribution < 1.29 is 13.2 Å². The van der Waals surface area contributed by atoms with E-state index < -0.39 is 10.0 Å². The Morgan fingerprint density at radius 2 is 1.88 bits per heavy atom. The monoisotopic (exact) mass is 481 g/mol. The summed E-state index contributed by atoms with van der Waals surface area (Å²) in [5.74, 6) is 1.64. The third kappa shape index (κ3) is 6.07. The van der Waals surface area contributed by atoms with Gasteiger partial charge in [0.05, 0.1) is 12.9 Å². The zero-order valence-electron chi connectivity index (χ0n) is 20.5. The molecule has 0 bridgehead atoms. The number of fused-ring (bicyclic) bond motifs is 1. The number of ether oxygens (including phenoxy) is 1. The van der Waals surface area contributed by atoms with Crippen molar-refractivity contribution in [1.29, 1.82) is 0 Å². The van der Waals surface area contributed by atoms with Gasteiger partial charge in [0.15, 0.2) is 5.03 Å². The maximum absolute atomic E-state index is 12.6. The number of rotatable bonds is 8. The van der Waals surface area contributed by atoms with Crippen LogP contribution in [0.3, 0.4) is 0 Å². The van der Waals surface area contributed by atoms with Crippen LogP contribution in [-0.4, -0.2) is 24.6 Å². The highest BCUT2D eigenvalue weighted by Gasteiger charge is 2.32. The number of imidazole rings is 1. The smallest absolute Gasteiger partial charge is 0.259 e. The summed E-state index contributed by atoms with van der Waals surface area (Å²) in [4.78, 5) is 3.97. The maximum atomic E-state index is 12.6. The minimum atomic E-state index is -3.67. The van der Waals surface area contributed by atoms with E-state index in [1.807, 2.05) is 18.2 Å². The van der Waals surface area contributed by atoms with Crippen LogP contribution in [-0.2, 0) is 30.0 Å². The summed E-state index contributed by atoms with van der Waals surface area (Å²) in [6, 6.07) is 16.6. The number of aryl methyl sites for hydroxylation is 1. The van der Waals surface area contributed by atoms with Gasteiger partial charge in [-0.25, -0.2) is 18.1 Å². The molecule has 2 atom stereocenters. The van der Waals surface area contributed by atoms with Gasteiger partial charge in [0.1, 0.15) is 5.75 Å². The molecule has 0 amide bonds. The molecule has 3 aromatic rings. The molecule has 1 aliphatic heterocycles. The SMILES string of the molecule is Cn1cnc(S(=O)(=O)NCc2ccc3c(c2)C(Cc2ccccc2)C(CCC(C)(C)C)CO3)c1. The highest BCUT2D eigenvalue weighted by Crippen LogP contribution is 2.42. The fourth-order valence-corrected chi connectivity index (χ4v) is 5.52. The summed E-state index contributed by atoms with van der Waals surface area (Å²) in [6.45, 7) is 7.76. The van der Waals surface area contributed by atoms with Crippen LogP contribution in [0.15, 0.2) is 66.1 Å². The molecule has 2 aromatic carbocycles. The van der Waals surface area contributed by atoms with Crippen molar-refractivity contribution in [2.75, 3.05) is 6.61 Å². The van der Waals surface area contributed by atoms with Gasteiger partial charge in [0, 0.05) is 25.7 Å². The van der Waals surface area contributed by atoms with Gasteiger partial charge in [-0.05, 0) is 53.4 Å². The van der Waals surface area contributed by atoms with Gasteiger partial charge >= 0.3 is 0 Å². The first kappa shape index (κ1) is 24.5. The van der Waals surface area contributed by atoms with E-state index in [1.165, 1.54) is 23.7 Å². The van der Waals surface area contributed by atoms with Crippen molar-refractivity contribution in [3.63, 3.8) is 0 Å². The zero-order chi connectivity index (χ0) is 24.3. The average molecular weight is 482 g/mol. The molecule has 0 saturated heterocycles. The molecule has 0 aliphatic carbocycles. The molecule has 6 nitrogen and oxygen atoms in total. The summed E-state index contributed by atoms with van der Waals surface area (Å²) in [5, 5.41) is 0.0282. The third-order valence-corrected chi connectivity index (χ3v) is 7.77. The van der Waals surface area contributed by atoms with Crippen LogP contribution in [0, 0.1) is 11.3 Å². The number of sulfonamides is 1. The molecule has 0 fully saturated rings. The van der Waals surface area contributed by atoms with E-state index in [0.717, 1.165) is 30.6 Å². The lowest BCUT2D eigenvalue weighted by molar-refractivity contribution is 0.168. The minimum Gasteiger partial charge on any atom is -0.493 e. The van der Waals surface area contributed by atoms with Crippen LogP contribution >= 0.6 is 0 Å². The molecule has 0 radical (unpaired) electrons. The van der Waals surface area contributed by atoms with E-state index in [2.05, 4.69) is 60.8 Å². The molecule has 4 rings (SSSR count). The van der Waals surface area contributed by atoms with E-state index in [1.54, 1.807) is 11.6 Å². The Morgan fingerprint density at radius 1 is 1.12 bits per heavy atom. The molecule has 2 heterocycles. The topological polar surface area (TPSA) is 73.2 Å². The lowest BCUT2D eigenvalue weighted by atomic mass is 9.75. The van der Waals surface area contributed by atoms with E-state index >= 15 is 0 Å². The minimum absolute atomic E-state index is 0.0282. The first-order valence-corrected chi connectivity index (χ1v) is 13.4.